The van der Waals surface area contributed by atoms with Crippen LogP contribution in [0.3, 0.4) is 0 Å². The third-order valence-electron chi connectivity index (χ3n) is 6.01. The first kappa shape index (κ1) is 21.1. The fourth-order valence-electron chi connectivity index (χ4n) is 4.34. The topological polar surface area (TPSA) is 53.1 Å². The van der Waals surface area contributed by atoms with Crippen molar-refractivity contribution in [3.8, 4) is 0 Å². The number of para-hydroxylation sites is 1. The van der Waals surface area contributed by atoms with E-state index in [0.29, 0.717) is 6.54 Å². The highest BCUT2D eigenvalue weighted by molar-refractivity contribution is 5.82. The molecule has 0 bridgehead atoms. The van der Waals surface area contributed by atoms with Crippen LogP contribution in [0.4, 0.5) is 5.69 Å². The Morgan fingerprint density at radius 3 is 2.55 bits per heavy atom. The van der Waals surface area contributed by atoms with Gasteiger partial charge in [0.25, 0.3) is 0 Å². The lowest BCUT2D eigenvalue weighted by Gasteiger charge is -2.34. The normalized spacial score (nSPS) is 17.9. The number of hydrogen-bond donors (Lipinski definition) is 0. The number of morpholine rings is 1. The number of carbonyl (C=O) groups excluding carboxylic acids is 2. The minimum atomic E-state index is -0.289. The van der Waals surface area contributed by atoms with Gasteiger partial charge in [-0.15, -0.1) is 0 Å². The number of carbonyl (C=O) groups is 2. The molecule has 0 radical (unpaired) electrons. The molecule has 2 aliphatic rings. The number of anilines is 1. The number of hydrogen-bond acceptors (Lipinski definition) is 4. The largest absolute Gasteiger partial charge is 0.378 e. The van der Waals surface area contributed by atoms with E-state index in [4.69, 9.17) is 4.74 Å². The summed E-state index contributed by atoms with van der Waals surface area (Å²) in [6.45, 7) is 5.22. The quantitative estimate of drug-likeness (QED) is 0.745. The highest BCUT2D eigenvalue weighted by Gasteiger charge is 2.29. The molecule has 0 spiro atoms. The summed E-state index contributed by atoms with van der Waals surface area (Å²) < 4.78 is 5.48. The summed E-state index contributed by atoms with van der Waals surface area (Å²) in [6, 6.07) is 15.9. The minimum absolute atomic E-state index is 0.0122. The Balaban J connectivity index is 1.50. The van der Waals surface area contributed by atoms with Crippen LogP contribution in [0.25, 0.3) is 6.08 Å². The van der Waals surface area contributed by atoms with Gasteiger partial charge in [-0.25, -0.2) is 0 Å². The molecule has 2 amide bonds. The van der Waals surface area contributed by atoms with E-state index in [2.05, 4.69) is 17.0 Å². The molecular weight excluding hydrogens is 390 g/mol. The van der Waals surface area contributed by atoms with Gasteiger partial charge in [-0.3, -0.25) is 9.59 Å². The van der Waals surface area contributed by atoms with E-state index in [0.717, 1.165) is 48.7 Å². The molecule has 2 heterocycles. The summed E-state index contributed by atoms with van der Waals surface area (Å²) in [4.78, 5) is 31.2. The van der Waals surface area contributed by atoms with E-state index >= 15 is 0 Å². The summed E-state index contributed by atoms with van der Waals surface area (Å²) in [6.07, 6.45) is 3.97. The SMILES string of the molecule is CC(=O)N1C=Cc2ccccc2[C@@H]1CC(=O)N(C)Cc1ccccc1N1CCOCC1. The van der Waals surface area contributed by atoms with Crippen LogP contribution in [0.1, 0.15) is 36.1 Å². The fraction of sp³-hybridized carbons (Fsp3) is 0.360. The van der Waals surface area contributed by atoms with Gasteiger partial charge in [-0.1, -0.05) is 42.5 Å². The lowest BCUT2D eigenvalue weighted by atomic mass is 9.93. The van der Waals surface area contributed by atoms with E-state index in [-0.39, 0.29) is 24.3 Å². The van der Waals surface area contributed by atoms with Gasteiger partial charge in [0.15, 0.2) is 0 Å². The van der Waals surface area contributed by atoms with Crippen molar-refractivity contribution in [2.45, 2.75) is 25.9 Å². The van der Waals surface area contributed by atoms with Crippen molar-refractivity contribution < 1.29 is 14.3 Å². The average Bonchev–Trinajstić information content (AvgIpc) is 2.80. The Bertz CT molecular complexity index is 981. The Hall–Kier alpha value is -3.12. The van der Waals surface area contributed by atoms with Gasteiger partial charge in [0, 0.05) is 45.5 Å². The average molecular weight is 420 g/mol. The molecule has 2 aliphatic heterocycles. The number of nitrogens with zero attached hydrogens (tertiary/aromatic N) is 3. The molecule has 2 aromatic carbocycles. The van der Waals surface area contributed by atoms with Gasteiger partial charge in [0.05, 0.1) is 25.7 Å². The Morgan fingerprint density at radius 2 is 1.77 bits per heavy atom. The van der Waals surface area contributed by atoms with Crippen molar-refractivity contribution in [3.05, 3.63) is 71.4 Å². The Kier molecular flexibility index (Phi) is 6.37. The van der Waals surface area contributed by atoms with E-state index in [1.165, 1.54) is 6.92 Å². The summed E-state index contributed by atoms with van der Waals surface area (Å²) in [5, 5.41) is 0. The minimum Gasteiger partial charge on any atom is -0.378 e. The number of ether oxygens (including phenoxy) is 1. The van der Waals surface area contributed by atoms with Crippen LogP contribution in [-0.4, -0.2) is 55.0 Å². The molecule has 6 nitrogen and oxygen atoms in total. The summed E-state index contributed by atoms with van der Waals surface area (Å²) in [7, 11) is 1.83. The molecule has 0 aromatic heterocycles. The van der Waals surface area contributed by atoms with Crippen molar-refractivity contribution in [1.82, 2.24) is 9.80 Å². The predicted octanol–water partition coefficient (Wildman–Crippen LogP) is 3.45. The maximum Gasteiger partial charge on any atom is 0.225 e. The summed E-state index contributed by atoms with van der Waals surface area (Å²) >= 11 is 0. The summed E-state index contributed by atoms with van der Waals surface area (Å²) in [5.74, 6) is -0.0537. The third-order valence-corrected chi connectivity index (χ3v) is 6.01. The highest BCUT2D eigenvalue weighted by Crippen LogP contribution is 2.33. The first-order valence-electron chi connectivity index (χ1n) is 10.7. The monoisotopic (exact) mass is 419 g/mol. The van der Waals surface area contributed by atoms with Gasteiger partial charge in [0.1, 0.15) is 0 Å². The first-order chi connectivity index (χ1) is 15.0. The number of fused-ring (bicyclic) bond motifs is 1. The standard InChI is InChI=1S/C25H29N3O3/c1-19(29)28-12-11-20-7-3-5-9-22(20)24(28)17-25(30)26(2)18-21-8-4-6-10-23(21)27-13-15-31-16-14-27/h3-12,24H,13-18H2,1-2H3/t24-/m0/s1. The molecule has 1 saturated heterocycles. The molecule has 1 fully saturated rings. The number of amides is 2. The molecule has 0 N–H and O–H groups in total. The van der Waals surface area contributed by atoms with Crippen LogP contribution >= 0.6 is 0 Å². The maximum absolute atomic E-state index is 13.2. The molecule has 6 heteroatoms. The van der Waals surface area contributed by atoms with Gasteiger partial charge < -0.3 is 19.4 Å². The van der Waals surface area contributed by atoms with Crippen molar-refractivity contribution in [2.75, 3.05) is 38.3 Å². The molecule has 1 atom stereocenters. The van der Waals surface area contributed by atoms with Crippen molar-refractivity contribution in [1.29, 1.82) is 0 Å². The summed E-state index contributed by atoms with van der Waals surface area (Å²) in [5.41, 5.74) is 4.34. The second-order valence-corrected chi connectivity index (χ2v) is 8.07. The molecule has 0 unspecified atom stereocenters. The zero-order valence-electron chi connectivity index (χ0n) is 18.2. The Labute approximate surface area is 183 Å². The van der Waals surface area contributed by atoms with E-state index < -0.39 is 0 Å². The lowest BCUT2D eigenvalue weighted by Crippen LogP contribution is -2.38. The second-order valence-electron chi connectivity index (χ2n) is 8.07. The molecule has 4 rings (SSSR count). The van der Waals surface area contributed by atoms with Crippen LogP contribution in [0.15, 0.2) is 54.7 Å². The Morgan fingerprint density at radius 1 is 1.06 bits per heavy atom. The lowest BCUT2D eigenvalue weighted by molar-refractivity contribution is -0.134. The number of rotatable bonds is 5. The first-order valence-corrected chi connectivity index (χ1v) is 10.7. The smallest absolute Gasteiger partial charge is 0.225 e. The zero-order chi connectivity index (χ0) is 21.8. The van der Waals surface area contributed by atoms with Gasteiger partial charge in [-0.2, -0.15) is 0 Å². The predicted molar refractivity (Wildman–Crippen MR) is 121 cm³/mol. The van der Waals surface area contributed by atoms with Crippen LogP contribution in [-0.2, 0) is 20.9 Å². The van der Waals surface area contributed by atoms with E-state index in [1.54, 1.807) is 16.0 Å². The molecular formula is C25H29N3O3. The highest BCUT2D eigenvalue weighted by atomic mass is 16.5. The van der Waals surface area contributed by atoms with E-state index in [9.17, 15) is 9.59 Å². The van der Waals surface area contributed by atoms with Gasteiger partial charge in [-0.05, 0) is 28.8 Å². The molecule has 162 valence electrons. The van der Waals surface area contributed by atoms with Crippen molar-refractivity contribution in [3.63, 3.8) is 0 Å². The molecule has 0 aliphatic carbocycles. The van der Waals surface area contributed by atoms with Crippen LogP contribution in [0, 0.1) is 0 Å². The number of benzene rings is 2. The third kappa shape index (κ3) is 4.64. The molecule has 0 saturated carbocycles. The van der Waals surface area contributed by atoms with Crippen molar-refractivity contribution >= 4 is 23.6 Å². The fourth-order valence-corrected chi connectivity index (χ4v) is 4.34. The zero-order valence-corrected chi connectivity index (χ0v) is 18.2. The van der Waals surface area contributed by atoms with E-state index in [1.807, 2.05) is 49.5 Å². The van der Waals surface area contributed by atoms with Crippen LogP contribution in [0.5, 0.6) is 0 Å². The van der Waals surface area contributed by atoms with Crippen LogP contribution in [0.2, 0.25) is 0 Å². The molecule has 2 aromatic rings. The van der Waals surface area contributed by atoms with Crippen molar-refractivity contribution in [2.24, 2.45) is 0 Å². The van der Waals surface area contributed by atoms with Crippen LogP contribution < -0.4 is 4.90 Å². The second kappa shape index (κ2) is 9.35. The maximum atomic E-state index is 13.2. The van der Waals surface area contributed by atoms with Gasteiger partial charge in [0.2, 0.25) is 11.8 Å². The molecule has 31 heavy (non-hydrogen) atoms. The van der Waals surface area contributed by atoms with Gasteiger partial charge >= 0.3 is 0 Å².